The fourth-order valence-corrected chi connectivity index (χ4v) is 3.96. The average molecular weight is 400 g/mol. The van der Waals surface area contributed by atoms with Gasteiger partial charge in [-0.2, -0.15) is 0 Å². The molecule has 2 atom stereocenters. The predicted molar refractivity (Wildman–Crippen MR) is 109 cm³/mol. The minimum atomic E-state index is -1.96. The van der Waals surface area contributed by atoms with Gasteiger partial charge in [0.1, 0.15) is 5.60 Å². The highest BCUT2D eigenvalue weighted by molar-refractivity contribution is 6.74. The highest BCUT2D eigenvalue weighted by Crippen LogP contribution is 2.39. The van der Waals surface area contributed by atoms with Crippen molar-refractivity contribution in [3.05, 3.63) is 12.2 Å². The van der Waals surface area contributed by atoms with Crippen LogP contribution in [0.1, 0.15) is 54.9 Å². The summed E-state index contributed by atoms with van der Waals surface area (Å²) in [5.74, 6) is -0.407. The maximum atomic E-state index is 12.7. The number of carbonyl (C=O) groups excluding carboxylic acids is 2. The molecule has 156 valence electrons. The quantitative estimate of drug-likeness (QED) is 0.387. The third-order valence-electron chi connectivity index (χ3n) is 4.94. The van der Waals surface area contributed by atoms with Crippen LogP contribution in [0.5, 0.6) is 0 Å². The van der Waals surface area contributed by atoms with Gasteiger partial charge in [0.05, 0.1) is 18.8 Å². The lowest BCUT2D eigenvalue weighted by atomic mass is 10.2. The van der Waals surface area contributed by atoms with Gasteiger partial charge in [-0.15, -0.1) is 0 Å². The van der Waals surface area contributed by atoms with Gasteiger partial charge in [0, 0.05) is 12.6 Å². The molecule has 1 rings (SSSR count). The van der Waals surface area contributed by atoms with Crippen molar-refractivity contribution in [3.8, 4) is 0 Å². The van der Waals surface area contributed by atoms with Crippen molar-refractivity contribution in [2.24, 2.45) is 0 Å². The van der Waals surface area contributed by atoms with Crippen molar-refractivity contribution in [1.82, 2.24) is 4.90 Å². The summed E-state index contributed by atoms with van der Waals surface area (Å²) >= 11 is 0. The monoisotopic (exact) mass is 399 g/mol. The Hall–Kier alpha value is -1.34. The number of carbonyl (C=O) groups is 2. The van der Waals surface area contributed by atoms with E-state index in [0.29, 0.717) is 19.6 Å². The van der Waals surface area contributed by atoms with Crippen LogP contribution >= 0.6 is 0 Å². The molecule has 1 heterocycles. The zero-order valence-corrected chi connectivity index (χ0v) is 19.4. The second-order valence-corrected chi connectivity index (χ2v) is 14.3. The van der Waals surface area contributed by atoms with Crippen molar-refractivity contribution in [3.63, 3.8) is 0 Å². The van der Waals surface area contributed by atoms with Crippen LogP contribution in [-0.2, 0) is 18.7 Å². The molecule has 0 aromatic heterocycles. The second kappa shape index (κ2) is 8.77. The number of likely N-dealkylation sites (tertiary alicyclic amines) is 1. The molecule has 1 aliphatic rings. The summed E-state index contributed by atoms with van der Waals surface area (Å²) in [5.41, 5.74) is -0.579. The van der Waals surface area contributed by atoms with E-state index in [-0.39, 0.29) is 23.3 Å². The van der Waals surface area contributed by atoms with Crippen molar-refractivity contribution in [1.29, 1.82) is 0 Å². The third-order valence-corrected chi connectivity index (χ3v) is 9.48. The maximum Gasteiger partial charge on any atom is 0.410 e. The number of ether oxygens (including phenoxy) is 2. The van der Waals surface area contributed by atoms with Gasteiger partial charge >= 0.3 is 12.1 Å². The lowest BCUT2D eigenvalue weighted by Gasteiger charge is -2.38. The summed E-state index contributed by atoms with van der Waals surface area (Å²) in [6.07, 6.45) is 3.29. The normalized spacial score (nSPS) is 21.6. The van der Waals surface area contributed by atoms with E-state index < -0.39 is 19.9 Å². The molecule has 1 aliphatic heterocycles. The van der Waals surface area contributed by atoms with E-state index in [1.807, 2.05) is 20.8 Å². The molecule has 1 fully saturated rings. The highest BCUT2D eigenvalue weighted by Gasteiger charge is 2.43. The first-order valence-electron chi connectivity index (χ1n) is 9.68. The van der Waals surface area contributed by atoms with Gasteiger partial charge in [0.25, 0.3) is 0 Å². The molecular weight excluding hydrogens is 362 g/mol. The van der Waals surface area contributed by atoms with Crippen molar-refractivity contribution >= 4 is 20.4 Å². The Morgan fingerprint density at radius 1 is 1.15 bits per heavy atom. The summed E-state index contributed by atoms with van der Waals surface area (Å²) in [6, 6.07) is -0.251. The van der Waals surface area contributed by atoms with E-state index in [0.717, 1.165) is 0 Å². The van der Waals surface area contributed by atoms with E-state index in [2.05, 4.69) is 33.9 Å². The number of rotatable bonds is 5. The Kier molecular flexibility index (Phi) is 7.70. The molecule has 1 amide bonds. The maximum absolute atomic E-state index is 12.7. The molecule has 27 heavy (non-hydrogen) atoms. The molecule has 7 heteroatoms. The lowest BCUT2D eigenvalue weighted by Crippen LogP contribution is -2.45. The minimum Gasteiger partial charge on any atom is -0.463 e. The Balaban J connectivity index is 2.95. The van der Waals surface area contributed by atoms with E-state index in [1.165, 1.54) is 6.08 Å². The summed E-state index contributed by atoms with van der Waals surface area (Å²) in [5, 5.41) is 0.0859. The minimum absolute atomic E-state index is 0.0738. The van der Waals surface area contributed by atoms with E-state index >= 15 is 0 Å². The van der Waals surface area contributed by atoms with Crippen LogP contribution in [0.15, 0.2) is 12.2 Å². The zero-order valence-electron chi connectivity index (χ0n) is 18.4. The zero-order chi connectivity index (χ0) is 21.0. The Labute approximate surface area is 165 Å². The fourth-order valence-electron chi connectivity index (χ4n) is 2.60. The number of nitrogens with zero attached hydrogens (tertiary/aromatic N) is 1. The van der Waals surface area contributed by atoms with Gasteiger partial charge in [-0.25, -0.2) is 9.59 Å². The largest absolute Gasteiger partial charge is 0.463 e. The molecule has 0 saturated carbocycles. The van der Waals surface area contributed by atoms with Gasteiger partial charge in [-0.05, 0) is 52.2 Å². The number of hydrogen-bond donors (Lipinski definition) is 0. The van der Waals surface area contributed by atoms with Crippen molar-refractivity contribution < 1.29 is 23.5 Å². The summed E-state index contributed by atoms with van der Waals surface area (Å²) in [4.78, 5) is 26.0. The molecule has 0 radical (unpaired) electrons. The Morgan fingerprint density at radius 2 is 1.74 bits per heavy atom. The Bertz CT molecular complexity index is 560. The van der Waals surface area contributed by atoms with Crippen LogP contribution in [0.25, 0.3) is 0 Å². The molecule has 0 aromatic rings. The topological polar surface area (TPSA) is 65.1 Å². The molecule has 0 N–H and O–H groups in total. The first kappa shape index (κ1) is 23.7. The number of hydrogen-bond acceptors (Lipinski definition) is 5. The SMILES string of the molecule is CCOC(=O)/C=C/[C@H]1C[C@@H](O[Si](C)(C)C(C)(C)C)CN1C(=O)OC(C)(C)C. The number of amides is 1. The Morgan fingerprint density at radius 3 is 2.22 bits per heavy atom. The van der Waals surface area contributed by atoms with Gasteiger partial charge < -0.3 is 13.9 Å². The van der Waals surface area contributed by atoms with Crippen LogP contribution in [0.2, 0.25) is 18.1 Å². The van der Waals surface area contributed by atoms with Crippen LogP contribution in [0, 0.1) is 0 Å². The van der Waals surface area contributed by atoms with Crippen molar-refractivity contribution in [2.75, 3.05) is 13.2 Å². The van der Waals surface area contributed by atoms with Crippen LogP contribution in [0.4, 0.5) is 4.79 Å². The van der Waals surface area contributed by atoms with E-state index in [4.69, 9.17) is 13.9 Å². The van der Waals surface area contributed by atoms with E-state index in [1.54, 1.807) is 17.9 Å². The molecule has 0 spiro atoms. The summed E-state index contributed by atoms with van der Waals surface area (Å²) in [7, 11) is -1.96. The van der Waals surface area contributed by atoms with Crippen molar-refractivity contribution in [2.45, 2.75) is 90.8 Å². The molecule has 1 saturated heterocycles. The van der Waals surface area contributed by atoms with Gasteiger partial charge in [-0.3, -0.25) is 4.90 Å². The average Bonchev–Trinajstić information content (AvgIpc) is 2.84. The van der Waals surface area contributed by atoms with Crippen LogP contribution in [-0.4, -0.2) is 56.2 Å². The molecule has 0 bridgehead atoms. The standard InChI is InChI=1S/C20H37NO5Si/c1-10-24-17(22)12-11-15-13-16(26-27(8,9)20(5,6)7)14-21(15)18(23)25-19(2,3)4/h11-12,15-16H,10,13-14H2,1-9H3/b12-11+/t15-,16+/m0/s1. The number of esters is 1. The predicted octanol–water partition coefficient (Wildman–Crippen LogP) is 4.51. The van der Waals surface area contributed by atoms with Gasteiger partial charge in [0.2, 0.25) is 0 Å². The lowest BCUT2D eigenvalue weighted by molar-refractivity contribution is -0.137. The molecule has 0 aliphatic carbocycles. The summed E-state index contributed by atoms with van der Waals surface area (Å²) < 4.78 is 17.0. The second-order valence-electron chi connectivity index (χ2n) is 9.55. The first-order chi connectivity index (χ1) is 12.2. The third kappa shape index (κ3) is 7.29. The van der Waals surface area contributed by atoms with Gasteiger partial charge in [-0.1, -0.05) is 26.8 Å². The fraction of sp³-hybridized carbons (Fsp3) is 0.800. The molecular formula is C20H37NO5Si. The molecule has 6 nitrogen and oxygen atoms in total. The van der Waals surface area contributed by atoms with E-state index in [9.17, 15) is 9.59 Å². The summed E-state index contributed by atoms with van der Waals surface area (Å²) in [6.45, 7) is 19.0. The smallest absolute Gasteiger partial charge is 0.410 e. The van der Waals surface area contributed by atoms with Crippen LogP contribution in [0.3, 0.4) is 0 Å². The molecule has 0 unspecified atom stereocenters. The highest BCUT2D eigenvalue weighted by atomic mass is 28.4. The van der Waals surface area contributed by atoms with Gasteiger partial charge in [0.15, 0.2) is 8.32 Å². The molecule has 0 aromatic carbocycles. The first-order valence-corrected chi connectivity index (χ1v) is 12.6. The van der Waals surface area contributed by atoms with Crippen LogP contribution < -0.4 is 0 Å².